The summed E-state index contributed by atoms with van der Waals surface area (Å²) in [5.74, 6) is -2.42. The molecule has 59 heavy (non-hydrogen) atoms. The number of ether oxygens (including phenoxy) is 1. The fourth-order valence-corrected chi connectivity index (χ4v) is 7.61. The molecule has 7 rings (SSSR count). The summed E-state index contributed by atoms with van der Waals surface area (Å²) in [7, 11) is 0. The van der Waals surface area contributed by atoms with Crippen LogP contribution < -0.4 is 26.2 Å². The number of aromatic nitrogens is 4. The van der Waals surface area contributed by atoms with Crippen molar-refractivity contribution in [3.05, 3.63) is 108 Å². The first kappa shape index (κ1) is 40.8. The molecule has 310 valence electrons. The number of hydrogen-bond donors (Lipinski definition) is 6. The van der Waals surface area contributed by atoms with Crippen LogP contribution in [0.4, 0.5) is 29.7 Å². The average molecular weight is 816 g/mol. The lowest BCUT2D eigenvalue weighted by molar-refractivity contribution is -0.209. The lowest BCUT2D eigenvalue weighted by Gasteiger charge is -2.25. The number of rotatable bonds is 13. The van der Waals surface area contributed by atoms with Crippen LogP contribution in [0.2, 0.25) is 0 Å². The topological polar surface area (TPSA) is 196 Å². The minimum absolute atomic E-state index is 0.0540. The Labute approximate surface area is 337 Å². The molecule has 3 aromatic carbocycles. The highest BCUT2D eigenvalue weighted by atomic mass is 19.4. The minimum atomic E-state index is -5.34. The summed E-state index contributed by atoms with van der Waals surface area (Å²) in [6.07, 6.45) is -6.91. The normalized spacial score (nSPS) is 20.4. The number of benzene rings is 3. The minimum Gasteiger partial charge on any atom is -0.508 e. The summed E-state index contributed by atoms with van der Waals surface area (Å²) in [4.78, 5) is 53.6. The quantitative estimate of drug-likeness (QED) is 0.0915. The molecule has 0 bridgehead atoms. The first-order chi connectivity index (χ1) is 28.4. The molecule has 1 saturated carbocycles. The average Bonchev–Trinajstić information content (AvgIpc) is 3.95. The van der Waals surface area contributed by atoms with Crippen LogP contribution in [0.15, 0.2) is 91.3 Å². The van der Waals surface area contributed by atoms with Gasteiger partial charge in [0.1, 0.15) is 11.9 Å². The number of alkyl halides is 3. The Morgan fingerprint density at radius 3 is 2.34 bits per heavy atom. The number of fused-ring (bicyclic) bond motifs is 1. The highest BCUT2D eigenvalue weighted by Crippen LogP contribution is 2.38. The Kier molecular flexibility index (Phi) is 12.2. The molecular weight excluding hydrogens is 772 g/mol. The third-order valence-corrected chi connectivity index (χ3v) is 10.6. The van der Waals surface area contributed by atoms with Crippen molar-refractivity contribution in [2.45, 2.75) is 75.2 Å². The van der Waals surface area contributed by atoms with Crippen molar-refractivity contribution in [1.82, 2.24) is 35.5 Å². The SMILES string of the molecule is CCC(=O)N[C@H]1C[C@@H](n2cnc3c(NCC(c4ccccc4)c4ccccc4)nc(N4CC[C@@H](NC(=O)NCc5cccc(O)c5)C4)nc32)[C@H](OC(=O)C(F)(F)F)[C@@H]1O. The zero-order valence-electron chi connectivity index (χ0n) is 32.0. The third-order valence-electron chi connectivity index (χ3n) is 10.6. The number of amides is 3. The number of aliphatic hydroxyl groups excluding tert-OH is 1. The highest BCUT2D eigenvalue weighted by Gasteiger charge is 2.51. The maximum Gasteiger partial charge on any atom is 0.490 e. The predicted molar refractivity (Wildman–Crippen MR) is 210 cm³/mol. The van der Waals surface area contributed by atoms with Crippen LogP contribution in [-0.4, -0.2) is 97.7 Å². The van der Waals surface area contributed by atoms with E-state index in [4.69, 9.17) is 14.7 Å². The van der Waals surface area contributed by atoms with Gasteiger partial charge in [-0.05, 0) is 41.7 Å². The fraction of sp³-hybridized carbons (Fsp3) is 0.366. The zero-order chi connectivity index (χ0) is 41.7. The molecule has 1 saturated heterocycles. The summed E-state index contributed by atoms with van der Waals surface area (Å²) in [6.45, 7) is 2.89. The predicted octanol–water partition coefficient (Wildman–Crippen LogP) is 4.53. The van der Waals surface area contributed by atoms with Crippen LogP contribution in [0.25, 0.3) is 11.2 Å². The van der Waals surface area contributed by atoms with Gasteiger partial charge >= 0.3 is 18.2 Å². The van der Waals surface area contributed by atoms with Crippen molar-refractivity contribution in [3.63, 3.8) is 0 Å². The van der Waals surface area contributed by atoms with Crippen molar-refractivity contribution >= 4 is 40.8 Å². The number of halogens is 3. The van der Waals surface area contributed by atoms with E-state index in [1.807, 2.05) is 65.6 Å². The van der Waals surface area contributed by atoms with Gasteiger partial charge in [0.2, 0.25) is 11.9 Å². The van der Waals surface area contributed by atoms with Gasteiger partial charge < -0.3 is 45.7 Å². The first-order valence-electron chi connectivity index (χ1n) is 19.3. The molecule has 3 amide bonds. The second kappa shape index (κ2) is 17.6. The van der Waals surface area contributed by atoms with E-state index in [0.29, 0.717) is 31.9 Å². The number of urea groups is 1. The van der Waals surface area contributed by atoms with Gasteiger partial charge in [0.25, 0.3) is 0 Å². The molecule has 0 radical (unpaired) electrons. The Morgan fingerprint density at radius 2 is 1.68 bits per heavy atom. The standard InChI is InChI=1S/C41H44F3N9O6/c1-2-32(55)49-30-19-31(35(34(30)56)59-38(57)41(42,43)44)53-23-47-33-36(45-21-29(25-11-5-3-6-12-25)26-13-7-4-8-14-26)50-39(51-37(33)53)52-17-16-27(22-52)48-40(58)46-20-24-10-9-15-28(54)18-24/h3-15,18,23,27,29-31,34-35,54,56H,2,16-17,19-22H2,1H3,(H,49,55)(H,45,50,51)(H2,46,48,58)/t27-,30+,31-,34-,35+/m1/s1. The van der Waals surface area contributed by atoms with Crippen molar-refractivity contribution in [3.8, 4) is 5.75 Å². The van der Waals surface area contributed by atoms with E-state index >= 15 is 0 Å². The van der Waals surface area contributed by atoms with Crippen LogP contribution >= 0.6 is 0 Å². The van der Waals surface area contributed by atoms with E-state index in [1.165, 1.54) is 17.0 Å². The van der Waals surface area contributed by atoms with Crippen molar-refractivity contribution < 1.29 is 42.5 Å². The van der Waals surface area contributed by atoms with Gasteiger partial charge in [0.15, 0.2) is 23.1 Å². The number of anilines is 2. The van der Waals surface area contributed by atoms with E-state index in [1.54, 1.807) is 25.1 Å². The molecule has 2 aliphatic rings. The van der Waals surface area contributed by atoms with Crippen LogP contribution in [0, 0.1) is 0 Å². The Bertz CT molecular complexity index is 2220. The Balaban J connectivity index is 1.21. The second-order valence-corrected chi connectivity index (χ2v) is 14.6. The van der Waals surface area contributed by atoms with Gasteiger partial charge in [0, 0.05) is 44.6 Å². The molecule has 15 nitrogen and oxygen atoms in total. The number of nitrogens with zero attached hydrogens (tertiary/aromatic N) is 5. The molecule has 1 aliphatic carbocycles. The summed E-state index contributed by atoms with van der Waals surface area (Å²) < 4.78 is 46.9. The maximum atomic E-state index is 13.5. The molecule has 0 spiro atoms. The number of carbonyl (C=O) groups is 3. The number of phenols is 1. The van der Waals surface area contributed by atoms with Gasteiger partial charge in [-0.2, -0.15) is 23.1 Å². The van der Waals surface area contributed by atoms with Gasteiger partial charge in [0.05, 0.1) is 18.4 Å². The maximum absolute atomic E-state index is 13.5. The van der Waals surface area contributed by atoms with Crippen molar-refractivity contribution in [2.75, 3.05) is 29.9 Å². The van der Waals surface area contributed by atoms with E-state index in [-0.39, 0.29) is 54.2 Å². The summed E-state index contributed by atoms with van der Waals surface area (Å²) >= 11 is 0. The summed E-state index contributed by atoms with van der Waals surface area (Å²) in [5.41, 5.74) is 3.24. The van der Waals surface area contributed by atoms with Gasteiger partial charge in [-0.1, -0.05) is 79.7 Å². The molecule has 5 atom stereocenters. The first-order valence-corrected chi connectivity index (χ1v) is 19.3. The fourth-order valence-electron chi connectivity index (χ4n) is 7.61. The number of aliphatic hydroxyl groups is 1. The highest BCUT2D eigenvalue weighted by molar-refractivity contribution is 5.85. The molecule has 2 aromatic heterocycles. The smallest absolute Gasteiger partial charge is 0.490 e. The van der Waals surface area contributed by atoms with E-state index in [0.717, 1.165) is 16.7 Å². The van der Waals surface area contributed by atoms with Crippen LogP contribution in [0.5, 0.6) is 5.75 Å². The van der Waals surface area contributed by atoms with Crippen molar-refractivity contribution in [1.29, 1.82) is 0 Å². The van der Waals surface area contributed by atoms with Gasteiger partial charge in [-0.3, -0.25) is 4.79 Å². The number of carbonyl (C=O) groups excluding carboxylic acids is 3. The second-order valence-electron chi connectivity index (χ2n) is 14.6. The molecular formula is C41H44F3N9O6. The number of imidazole rings is 1. The van der Waals surface area contributed by atoms with Crippen LogP contribution in [0.3, 0.4) is 0 Å². The lowest BCUT2D eigenvalue weighted by Crippen LogP contribution is -2.45. The summed E-state index contributed by atoms with van der Waals surface area (Å²) in [6, 6.07) is 23.4. The van der Waals surface area contributed by atoms with E-state index in [9.17, 15) is 37.8 Å². The van der Waals surface area contributed by atoms with Crippen molar-refractivity contribution in [2.24, 2.45) is 0 Å². The zero-order valence-corrected chi connectivity index (χ0v) is 32.0. The largest absolute Gasteiger partial charge is 0.508 e. The Hall–Kier alpha value is -6.43. The van der Waals surface area contributed by atoms with E-state index in [2.05, 4.69) is 26.3 Å². The third kappa shape index (κ3) is 9.49. The molecule has 3 heterocycles. The Morgan fingerprint density at radius 1 is 0.966 bits per heavy atom. The van der Waals surface area contributed by atoms with Crippen LogP contribution in [-0.2, 0) is 20.9 Å². The number of phenolic OH excluding ortho intramolecular Hbond substituents is 1. The lowest BCUT2D eigenvalue weighted by atomic mass is 9.91. The molecule has 2 fully saturated rings. The number of esters is 1. The molecule has 5 aromatic rings. The number of hydrogen-bond acceptors (Lipinski definition) is 11. The monoisotopic (exact) mass is 815 g/mol. The molecule has 6 N–H and O–H groups in total. The van der Waals surface area contributed by atoms with Gasteiger partial charge in [-0.25, -0.2) is 14.6 Å². The molecule has 0 unspecified atom stereocenters. The number of nitrogens with one attached hydrogen (secondary N) is 4. The number of aromatic hydroxyl groups is 1. The summed E-state index contributed by atoms with van der Waals surface area (Å²) in [5, 5.41) is 32.8. The van der Waals surface area contributed by atoms with E-state index < -0.39 is 48.4 Å². The van der Waals surface area contributed by atoms with Gasteiger partial charge in [-0.15, -0.1) is 0 Å². The molecule has 1 aliphatic heterocycles. The molecule has 18 heteroatoms. The van der Waals surface area contributed by atoms with Crippen LogP contribution in [0.1, 0.15) is 54.8 Å².